The molecule has 2 aromatic heterocycles. The van der Waals surface area contributed by atoms with Gasteiger partial charge in [-0.3, -0.25) is 9.47 Å². The molecule has 0 spiro atoms. The Kier molecular flexibility index (Phi) is 7.66. The third-order valence-electron chi connectivity index (χ3n) is 6.61. The lowest BCUT2D eigenvalue weighted by atomic mass is 10.0. The summed E-state index contributed by atoms with van der Waals surface area (Å²) in [5.74, 6) is -0.686. The Hall–Kier alpha value is -3.40. The van der Waals surface area contributed by atoms with Crippen LogP contribution in [0.3, 0.4) is 0 Å². The molecule has 0 saturated carbocycles. The SMILES string of the molecule is O=C(NCc1ccnc(F)c1)n1c2c(c3ccc(C(F)(F)F)cc31)CN(C/C=C/c1ccc(Cl)c(Cl)c1)CC2. The number of hydrogen-bond acceptors (Lipinski definition) is 3. The fraction of sp³-hybridized carbons (Fsp3) is 0.214. The van der Waals surface area contributed by atoms with Gasteiger partial charge in [-0.2, -0.15) is 17.6 Å². The van der Waals surface area contributed by atoms with Gasteiger partial charge in [0.1, 0.15) is 0 Å². The molecule has 3 heterocycles. The van der Waals surface area contributed by atoms with Crippen molar-refractivity contribution in [2.45, 2.75) is 25.7 Å². The number of amides is 1. The zero-order valence-electron chi connectivity index (χ0n) is 20.4. The van der Waals surface area contributed by atoms with Crippen LogP contribution >= 0.6 is 23.2 Å². The zero-order valence-corrected chi connectivity index (χ0v) is 21.9. The van der Waals surface area contributed by atoms with Crippen LogP contribution in [0.15, 0.2) is 60.8 Å². The summed E-state index contributed by atoms with van der Waals surface area (Å²) in [6.07, 6.45) is 1.08. The Morgan fingerprint density at radius 1 is 1.08 bits per heavy atom. The number of aromatic nitrogens is 2. The van der Waals surface area contributed by atoms with Gasteiger partial charge in [-0.05, 0) is 53.1 Å². The van der Waals surface area contributed by atoms with Crippen molar-refractivity contribution in [1.82, 2.24) is 19.8 Å². The van der Waals surface area contributed by atoms with E-state index in [0.717, 1.165) is 23.3 Å². The number of rotatable bonds is 5. The molecule has 0 aliphatic carbocycles. The van der Waals surface area contributed by atoms with E-state index < -0.39 is 23.7 Å². The van der Waals surface area contributed by atoms with Gasteiger partial charge in [-0.1, -0.05) is 47.5 Å². The fourth-order valence-electron chi connectivity index (χ4n) is 4.74. The van der Waals surface area contributed by atoms with Gasteiger partial charge in [0.2, 0.25) is 5.95 Å². The Labute approximate surface area is 231 Å². The standard InChI is InChI=1S/C28H22Cl2F4N4O/c29-22-6-3-17(12-23(22)30)2-1-10-37-11-8-24-21(16-37)20-5-4-19(28(32,33)34)14-25(20)38(24)27(39)36-15-18-7-9-35-26(31)13-18/h1-7,9,12-14H,8,10-11,15-16H2,(H,36,39)/b2-1+. The number of alkyl halides is 3. The molecular formula is C28H22Cl2F4N4O. The van der Waals surface area contributed by atoms with Gasteiger partial charge in [-0.25, -0.2) is 9.78 Å². The summed E-state index contributed by atoms with van der Waals surface area (Å²) in [5.41, 5.74) is 2.18. The van der Waals surface area contributed by atoms with Crippen LogP contribution in [0.25, 0.3) is 17.0 Å². The van der Waals surface area contributed by atoms with Crippen LogP contribution in [-0.4, -0.2) is 33.6 Å². The zero-order chi connectivity index (χ0) is 27.7. The maximum atomic E-state index is 13.5. The quantitative estimate of drug-likeness (QED) is 0.200. The molecule has 2 aromatic carbocycles. The smallest absolute Gasteiger partial charge is 0.333 e. The molecule has 5 rings (SSSR count). The number of nitrogens with one attached hydrogen (secondary N) is 1. The van der Waals surface area contributed by atoms with Crippen molar-refractivity contribution < 1.29 is 22.4 Å². The Balaban J connectivity index is 1.42. The Bertz CT molecular complexity index is 1580. The number of hydrogen-bond donors (Lipinski definition) is 1. The van der Waals surface area contributed by atoms with Crippen molar-refractivity contribution in [1.29, 1.82) is 0 Å². The Morgan fingerprint density at radius 2 is 1.90 bits per heavy atom. The van der Waals surface area contributed by atoms with Gasteiger partial charge in [-0.15, -0.1) is 0 Å². The van der Waals surface area contributed by atoms with E-state index in [1.807, 2.05) is 18.2 Å². The number of fused-ring (bicyclic) bond motifs is 3. The predicted octanol–water partition coefficient (Wildman–Crippen LogP) is 7.33. The third kappa shape index (κ3) is 5.95. The van der Waals surface area contributed by atoms with Crippen LogP contribution in [-0.2, 0) is 25.7 Å². The first-order valence-electron chi connectivity index (χ1n) is 12.1. The van der Waals surface area contributed by atoms with Crippen molar-refractivity contribution in [3.63, 3.8) is 0 Å². The highest BCUT2D eigenvalue weighted by Gasteiger charge is 2.33. The second-order valence-corrected chi connectivity index (χ2v) is 10.0. The summed E-state index contributed by atoms with van der Waals surface area (Å²) in [6, 6.07) is 11.0. The minimum absolute atomic E-state index is 0.00266. The maximum absolute atomic E-state index is 13.5. The summed E-state index contributed by atoms with van der Waals surface area (Å²) in [7, 11) is 0. The summed E-state index contributed by atoms with van der Waals surface area (Å²) >= 11 is 12.1. The lowest BCUT2D eigenvalue weighted by molar-refractivity contribution is -0.137. The molecule has 4 aromatic rings. The highest BCUT2D eigenvalue weighted by molar-refractivity contribution is 6.42. The Morgan fingerprint density at radius 3 is 2.64 bits per heavy atom. The maximum Gasteiger partial charge on any atom is 0.416 e. The van der Waals surface area contributed by atoms with E-state index in [9.17, 15) is 22.4 Å². The molecule has 0 atom stereocenters. The molecule has 11 heteroatoms. The van der Waals surface area contributed by atoms with Gasteiger partial charge in [0.05, 0.1) is 21.1 Å². The van der Waals surface area contributed by atoms with Gasteiger partial charge in [0.15, 0.2) is 0 Å². The molecule has 0 fully saturated rings. The first-order chi connectivity index (χ1) is 18.6. The molecule has 5 nitrogen and oxygen atoms in total. The molecule has 0 saturated heterocycles. The van der Waals surface area contributed by atoms with E-state index in [-0.39, 0.29) is 12.1 Å². The van der Waals surface area contributed by atoms with E-state index in [1.165, 1.54) is 22.9 Å². The largest absolute Gasteiger partial charge is 0.416 e. The molecule has 1 amide bonds. The summed E-state index contributed by atoms with van der Waals surface area (Å²) in [6.45, 7) is 1.65. The first kappa shape index (κ1) is 27.2. The number of halogens is 6. The average molecular weight is 577 g/mol. The van der Waals surface area contributed by atoms with Crippen LogP contribution in [0, 0.1) is 5.95 Å². The lowest BCUT2D eigenvalue weighted by Crippen LogP contribution is -2.34. The van der Waals surface area contributed by atoms with Crippen molar-refractivity contribution in [3.8, 4) is 0 Å². The fourth-order valence-corrected chi connectivity index (χ4v) is 5.05. The molecule has 0 bridgehead atoms. The molecule has 202 valence electrons. The van der Waals surface area contributed by atoms with E-state index in [0.29, 0.717) is 52.7 Å². The second-order valence-electron chi connectivity index (χ2n) is 9.20. The molecular weight excluding hydrogens is 555 g/mol. The van der Waals surface area contributed by atoms with Crippen molar-refractivity contribution >= 4 is 46.2 Å². The molecule has 1 N–H and O–H groups in total. The second kappa shape index (κ2) is 11.0. The van der Waals surface area contributed by atoms with E-state index >= 15 is 0 Å². The van der Waals surface area contributed by atoms with Crippen LogP contribution in [0.2, 0.25) is 10.0 Å². The molecule has 39 heavy (non-hydrogen) atoms. The van der Waals surface area contributed by atoms with Crippen molar-refractivity contribution in [2.24, 2.45) is 0 Å². The van der Waals surface area contributed by atoms with Crippen LogP contribution < -0.4 is 5.32 Å². The summed E-state index contributed by atoms with van der Waals surface area (Å²) in [4.78, 5) is 18.9. The number of benzene rings is 2. The normalized spacial score (nSPS) is 14.2. The topological polar surface area (TPSA) is 50.2 Å². The van der Waals surface area contributed by atoms with Crippen LogP contribution in [0.5, 0.6) is 0 Å². The van der Waals surface area contributed by atoms with Crippen LogP contribution in [0.1, 0.15) is 27.9 Å². The first-order valence-corrected chi connectivity index (χ1v) is 12.8. The van der Waals surface area contributed by atoms with E-state index in [2.05, 4.69) is 15.2 Å². The highest BCUT2D eigenvalue weighted by atomic mass is 35.5. The van der Waals surface area contributed by atoms with Crippen LogP contribution in [0.4, 0.5) is 22.4 Å². The van der Waals surface area contributed by atoms with Gasteiger partial charge < -0.3 is 5.32 Å². The molecule has 1 aliphatic rings. The summed E-state index contributed by atoms with van der Waals surface area (Å²) < 4.78 is 55.4. The average Bonchev–Trinajstić information content (AvgIpc) is 3.22. The van der Waals surface area contributed by atoms with E-state index in [1.54, 1.807) is 18.2 Å². The number of pyridine rings is 1. The molecule has 0 radical (unpaired) electrons. The van der Waals surface area contributed by atoms with Gasteiger partial charge >= 0.3 is 12.2 Å². The van der Waals surface area contributed by atoms with Crippen molar-refractivity contribution in [3.05, 3.63) is 105 Å². The molecule has 0 unspecified atom stereocenters. The minimum Gasteiger partial charge on any atom is -0.333 e. The minimum atomic E-state index is -4.56. The van der Waals surface area contributed by atoms with Crippen molar-refractivity contribution in [2.75, 3.05) is 13.1 Å². The van der Waals surface area contributed by atoms with Gasteiger partial charge in [0, 0.05) is 49.9 Å². The van der Waals surface area contributed by atoms with Gasteiger partial charge in [0.25, 0.3) is 0 Å². The number of carbonyl (C=O) groups excluding carboxylic acids is 1. The third-order valence-corrected chi connectivity index (χ3v) is 7.35. The monoisotopic (exact) mass is 576 g/mol. The highest BCUT2D eigenvalue weighted by Crippen LogP contribution is 2.36. The number of carbonyl (C=O) groups is 1. The molecule has 1 aliphatic heterocycles. The summed E-state index contributed by atoms with van der Waals surface area (Å²) in [5, 5.41) is 4.22. The lowest BCUT2D eigenvalue weighted by Gasteiger charge is -2.27. The van der Waals surface area contributed by atoms with E-state index in [4.69, 9.17) is 23.2 Å². The number of nitrogens with zero attached hydrogens (tertiary/aromatic N) is 3. The predicted molar refractivity (Wildman–Crippen MR) is 143 cm³/mol.